The molecule has 1 N–H and O–H groups in total. The molecule has 0 radical (unpaired) electrons. The van der Waals surface area contributed by atoms with Crippen LogP contribution in [0.2, 0.25) is 5.15 Å². The summed E-state index contributed by atoms with van der Waals surface area (Å²) >= 11 is 6.00. The SMILES string of the molecule is CCNC(=O)C1COCCN1c1ncnc(Cl)c1OC. The van der Waals surface area contributed by atoms with Crippen molar-refractivity contribution in [3.05, 3.63) is 11.5 Å². The number of carbonyl (C=O) groups excluding carboxylic acids is 1. The van der Waals surface area contributed by atoms with E-state index in [1.165, 1.54) is 13.4 Å². The summed E-state index contributed by atoms with van der Waals surface area (Å²) in [5.74, 6) is 0.765. The van der Waals surface area contributed by atoms with E-state index in [1.54, 1.807) is 0 Å². The normalized spacial score (nSPS) is 18.8. The lowest BCUT2D eigenvalue weighted by molar-refractivity contribution is -0.124. The Morgan fingerprint density at radius 2 is 2.45 bits per heavy atom. The first-order chi connectivity index (χ1) is 9.69. The van der Waals surface area contributed by atoms with Gasteiger partial charge in [-0.15, -0.1) is 0 Å². The molecule has 7 nitrogen and oxygen atoms in total. The molecule has 0 bridgehead atoms. The molecule has 1 fully saturated rings. The van der Waals surface area contributed by atoms with E-state index in [1.807, 2.05) is 11.8 Å². The molecule has 0 aliphatic carbocycles. The van der Waals surface area contributed by atoms with E-state index in [2.05, 4.69) is 15.3 Å². The quantitative estimate of drug-likeness (QED) is 0.815. The summed E-state index contributed by atoms with van der Waals surface area (Å²) in [6.07, 6.45) is 1.35. The summed E-state index contributed by atoms with van der Waals surface area (Å²) < 4.78 is 10.6. The van der Waals surface area contributed by atoms with Crippen LogP contribution in [0.25, 0.3) is 0 Å². The lowest BCUT2D eigenvalue weighted by Crippen LogP contribution is -2.54. The number of aromatic nitrogens is 2. The van der Waals surface area contributed by atoms with Crippen LogP contribution in [-0.2, 0) is 9.53 Å². The van der Waals surface area contributed by atoms with Crippen molar-refractivity contribution in [3.63, 3.8) is 0 Å². The van der Waals surface area contributed by atoms with Crippen molar-refractivity contribution in [1.29, 1.82) is 0 Å². The monoisotopic (exact) mass is 300 g/mol. The summed E-state index contributed by atoms with van der Waals surface area (Å²) in [6.45, 7) is 3.78. The van der Waals surface area contributed by atoms with Crippen LogP contribution < -0.4 is 15.0 Å². The average molecular weight is 301 g/mol. The van der Waals surface area contributed by atoms with Gasteiger partial charge in [0.05, 0.1) is 20.3 Å². The highest BCUT2D eigenvalue weighted by atomic mass is 35.5. The summed E-state index contributed by atoms with van der Waals surface area (Å²) in [5.41, 5.74) is 0. The lowest BCUT2D eigenvalue weighted by Gasteiger charge is -2.35. The molecule has 2 heterocycles. The minimum Gasteiger partial charge on any atom is -0.490 e. The molecule has 0 saturated carbocycles. The largest absolute Gasteiger partial charge is 0.490 e. The maximum atomic E-state index is 12.1. The molecule has 0 spiro atoms. The number of nitrogens with one attached hydrogen (secondary N) is 1. The first-order valence-electron chi connectivity index (χ1n) is 6.35. The number of halogens is 1. The minimum absolute atomic E-state index is 0.107. The van der Waals surface area contributed by atoms with Crippen molar-refractivity contribution in [1.82, 2.24) is 15.3 Å². The van der Waals surface area contributed by atoms with Crippen molar-refractivity contribution >= 4 is 23.3 Å². The highest BCUT2D eigenvalue weighted by molar-refractivity contribution is 6.31. The number of rotatable bonds is 4. The van der Waals surface area contributed by atoms with Gasteiger partial charge in [0, 0.05) is 13.1 Å². The summed E-state index contributed by atoms with van der Waals surface area (Å²) in [5, 5.41) is 3.01. The van der Waals surface area contributed by atoms with Gasteiger partial charge in [-0.05, 0) is 6.92 Å². The molecule has 2 rings (SSSR count). The predicted octanol–water partition coefficient (Wildman–Crippen LogP) is 0.480. The van der Waals surface area contributed by atoms with Gasteiger partial charge in [-0.3, -0.25) is 4.79 Å². The molecule has 1 aromatic heterocycles. The van der Waals surface area contributed by atoms with Gasteiger partial charge in [0.25, 0.3) is 0 Å². The van der Waals surface area contributed by atoms with E-state index in [-0.39, 0.29) is 11.1 Å². The maximum absolute atomic E-state index is 12.1. The summed E-state index contributed by atoms with van der Waals surface area (Å²) in [6, 6.07) is -0.455. The second-order valence-electron chi connectivity index (χ2n) is 4.20. The molecule has 1 atom stereocenters. The van der Waals surface area contributed by atoms with Gasteiger partial charge in [0.15, 0.2) is 16.7 Å². The number of anilines is 1. The lowest BCUT2D eigenvalue weighted by atomic mass is 10.2. The van der Waals surface area contributed by atoms with Crippen LogP contribution >= 0.6 is 11.6 Å². The molecular formula is C12H17ClN4O3. The highest BCUT2D eigenvalue weighted by Crippen LogP contribution is 2.33. The maximum Gasteiger partial charge on any atom is 0.245 e. The van der Waals surface area contributed by atoms with E-state index in [0.29, 0.717) is 37.9 Å². The molecule has 1 aromatic rings. The number of likely N-dealkylation sites (N-methyl/N-ethyl adjacent to an activating group) is 1. The smallest absolute Gasteiger partial charge is 0.245 e. The average Bonchev–Trinajstić information content (AvgIpc) is 2.47. The molecule has 1 saturated heterocycles. The Hall–Kier alpha value is -1.60. The number of carbonyl (C=O) groups is 1. The molecule has 110 valence electrons. The Labute approximate surface area is 122 Å². The third kappa shape index (κ3) is 2.94. The summed E-state index contributed by atoms with van der Waals surface area (Å²) in [7, 11) is 1.50. The predicted molar refractivity (Wildman–Crippen MR) is 74.2 cm³/mol. The van der Waals surface area contributed by atoms with Crippen LogP contribution in [0.3, 0.4) is 0 Å². The fourth-order valence-corrected chi connectivity index (χ4v) is 2.30. The van der Waals surface area contributed by atoms with Crippen LogP contribution in [0.4, 0.5) is 5.82 Å². The number of hydrogen-bond acceptors (Lipinski definition) is 6. The molecule has 1 aliphatic rings. The second-order valence-corrected chi connectivity index (χ2v) is 4.56. The van der Waals surface area contributed by atoms with E-state index in [9.17, 15) is 4.79 Å². The number of ether oxygens (including phenoxy) is 2. The number of amides is 1. The fraction of sp³-hybridized carbons (Fsp3) is 0.583. The van der Waals surface area contributed by atoms with Gasteiger partial charge in [-0.2, -0.15) is 0 Å². The minimum atomic E-state index is -0.455. The number of hydrogen-bond donors (Lipinski definition) is 1. The number of morpholine rings is 1. The molecule has 8 heteroatoms. The van der Waals surface area contributed by atoms with Gasteiger partial charge in [0.1, 0.15) is 12.4 Å². The molecule has 20 heavy (non-hydrogen) atoms. The zero-order valence-corrected chi connectivity index (χ0v) is 12.2. The standard InChI is InChI=1S/C12H17ClN4O3/c1-3-14-12(18)8-6-20-5-4-17(8)11-9(19-2)10(13)15-7-16-11/h7-8H,3-6H2,1-2H3,(H,14,18). The molecule has 0 aromatic carbocycles. The van der Waals surface area contributed by atoms with Gasteiger partial charge < -0.3 is 19.7 Å². The van der Waals surface area contributed by atoms with Crippen molar-refractivity contribution in [2.24, 2.45) is 0 Å². The van der Waals surface area contributed by atoms with Gasteiger partial charge in [-0.25, -0.2) is 9.97 Å². The van der Waals surface area contributed by atoms with Crippen LogP contribution in [-0.4, -0.2) is 55.3 Å². The Morgan fingerprint density at radius 1 is 1.65 bits per heavy atom. The molecule has 1 aliphatic heterocycles. The van der Waals surface area contributed by atoms with E-state index in [0.717, 1.165) is 0 Å². The van der Waals surface area contributed by atoms with Crippen molar-refractivity contribution in [3.8, 4) is 5.75 Å². The van der Waals surface area contributed by atoms with Crippen molar-refractivity contribution in [2.75, 3.05) is 38.3 Å². The first-order valence-corrected chi connectivity index (χ1v) is 6.73. The van der Waals surface area contributed by atoms with Gasteiger partial charge in [-0.1, -0.05) is 11.6 Å². The Morgan fingerprint density at radius 3 is 3.15 bits per heavy atom. The fourth-order valence-electron chi connectivity index (χ4n) is 2.09. The van der Waals surface area contributed by atoms with Crippen LogP contribution in [0.5, 0.6) is 5.75 Å². The van der Waals surface area contributed by atoms with Crippen LogP contribution in [0, 0.1) is 0 Å². The van der Waals surface area contributed by atoms with Crippen molar-refractivity contribution in [2.45, 2.75) is 13.0 Å². The summed E-state index contributed by atoms with van der Waals surface area (Å²) in [4.78, 5) is 22.0. The van der Waals surface area contributed by atoms with E-state index >= 15 is 0 Å². The van der Waals surface area contributed by atoms with Crippen molar-refractivity contribution < 1.29 is 14.3 Å². The Balaban J connectivity index is 2.32. The Bertz CT molecular complexity index is 486. The van der Waals surface area contributed by atoms with E-state index in [4.69, 9.17) is 21.1 Å². The third-order valence-corrected chi connectivity index (χ3v) is 3.27. The van der Waals surface area contributed by atoms with Crippen LogP contribution in [0.1, 0.15) is 6.92 Å². The zero-order chi connectivity index (χ0) is 14.5. The highest BCUT2D eigenvalue weighted by Gasteiger charge is 2.32. The zero-order valence-electron chi connectivity index (χ0n) is 11.4. The molecule has 1 amide bonds. The first kappa shape index (κ1) is 14.8. The third-order valence-electron chi connectivity index (χ3n) is 3.00. The Kier molecular flexibility index (Phi) is 4.97. The second kappa shape index (κ2) is 6.71. The topological polar surface area (TPSA) is 76.6 Å². The molecular weight excluding hydrogens is 284 g/mol. The molecule has 1 unspecified atom stereocenters. The van der Waals surface area contributed by atoms with Gasteiger partial charge >= 0.3 is 0 Å². The van der Waals surface area contributed by atoms with Crippen LogP contribution in [0.15, 0.2) is 6.33 Å². The van der Waals surface area contributed by atoms with Gasteiger partial charge in [0.2, 0.25) is 5.91 Å². The number of methoxy groups -OCH3 is 1. The number of nitrogens with zero attached hydrogens (tertiary/aromatic N) is 3. The van der Waals surface area contributed by atoms with E-state index < -0.39 is 6.04 Å².